The Morgan fingerprint density at radius 3 is 2.73 bits per heavy atom. The lowest BCUT2D eigenvalue weighted by atomic mass is 10.0. The minimum Gasteiger partial charge on any atom is -0.398 e. The van der Waals surface area contributed by atoms with Gasteiger partial charge in [0.1, 0.15) is 0 Å². The molecule has 2 rings (SSSR count). The van der Waals surface area contributed by atoms with Gasteiger partial charge in [-0.25, -0.2) is 0 Å². The highest BCUT2D eigenvalue weighted by atomic mass is 16.6. The first-order chi connectivity index (χ1) is 7.09. The molecule has 5 heteroatoms. The van der Waals surface area contributed by atoms with Gasteiger partial charge >= 0.3 is 0 Å². The van der Waals surface area contributed by atoms with E-state index in [9.17, 15) is 10.1 Å². The molecule has 1 aromatic carbocycles. The molecule has 0 spiro atoms. The molecule has 0 atom stereocenters. The lowest BCUT2D eigenvalue weighted by Gasteiger charge is -2.05. The van der Waals surface area contributed by atoms with Crippen LogP contribution in [-0.2, 0) is 0 Å². The van der Waals surface area contributed by atoms with E-state index in [2.05, 4.69) is 0 Å². The van der Waals surface area contributed by atoms with Crippen molar-refractivity contribution in [2.45, 2.75) is 12.8 Å². The molecule has 1 fully saturated rings. The summed E-state index contributed by atoms with van der Waals surface area (Å²) >= 11 is 0. The third kappa shape index (κ3) is 1.81. The molecular weight excluding hydrogens is 194 g/mol. The molecule has 0 unspecified atom stereocenters. The predicted octanol–water partition coefficient (Wildman–Crippen LogP) is 1.95. The number of benzene rings is 1. The van der Waals surface area contributed by atoms with Gasteiger partial charge in [-0.15, -0.1) is 0 Å². The summed E-state index contributed by atoms with van der Waals surface area (Å²) in [5.41, 5.74) is 7.06. The molecule has 0 aliphatic heterocycles. The van der Waals surface area contributed by atoms with Gasteiger partial charge in [-0.1, -0.05) is 0 Å². The van der Waals surface area contributed by atoms with E-state index in [4.69, 9.17) is 11.1 Å². The number of nitrogens with two attached hydrogens (primary N) is 1. The van der Waals surface area contributed by atoms with E-state index >= 15 is 0 Å². The molecule has 3 N–H and O–H groups in total. The second kappa shape index (κ2) is 3.34. The average Bonchev–Trinajstić information content (AvgIpc) is 3.00. The average molecular weight is 205 g/mol. The molecule has 15 heavy (non-hydrogen) atoms. The molecule has 0 radical (unpaired) electrons. The molecule has 0 saturated heterocycles. The van der Waals surface area contributed by atoms with Gasteiger partial charge in [0.2, 0.25) is 0 Å². The largest absolute Gasteiger partial charge is 0.398 e. The fourth-order valence-electron chi connectivity index (χ4n) is 1.48. The highest BCUT2D eigenvalue weighted by molar-refractivity contribution is 6.05. The van der Waals surface area contributed by atoms with Crippen LogP contribution in [0.15, 0.2) is 18.2 Å². The number of non-ortho nitro benzene ring substituents is 1. The van der Waals surface area contributed by atoms with E-state index in [-0.39, 0.29) is 11.6 Å². The van der Waals surface area contributed by atoms with Crippen LogP contribution < -0.4 is 5.73 Å². The Morgan fingerprint density at radius 2 is 2.20 bits per heavy atom. The predicted molar refractivity (Wildman–Crippen MR) is 57.1 cm³/mol. The van der Waals surface area contributed by atoms with Crippen molar-refractivity contribution in [3.8, 4) is 0 Å². The van der Waals surface area contributed by atoms with Crippen molar-refractivity contribution in [2.75, 3.05) is 5.73 Å². The summed E-state index contributed by atoms with van der Waals surface area (Å²) in [6, 6.07) is 4.24. The van der Waals surface area contributed by atoms with Gasteiger partial charge in [-0.3, -0.25) is 10.1 Å². The standard InChI is InChI=1S/C10H11N3O2/c11-9-4-3-7(13(14)15)5-8(9)10(12)6-1-2-6/h3-6,12H,1-2,11H2. The number of hydrogen-bond acceptors (Lipinski definition) is 4. The molecule has 1 aliphatic rings. The molecule has 78 valence electrons. The van der Waals surface area contributed by atoms with Crippen LogP contribution in [0.5, 0.6) is 0 Å². The zero-order chi connectivity index (χ0) is 11.0. The number of nitro groups is 1. The van der Waals surface area contributed by atoms with Gasteiger partial charge in [-0.05, 0) is 18.9 Å². The minimum absolute atomic E-state index is 0.00963. The van der Waals surface area contributed by atoms with Crippen LogP contribution in [0.3, 0.4) is 0 Å². The van der Waals surface area contributed by atoms with Gasteiger partial charge < -0.3 is 11.1 Å². The number of nitrogens with zero attached hydrogens (tertiary/aromatic N) is 1. The van der Waals surface area contributed by atoms with E-state index in [1.165, 1.54) is 18.2 Å². The maximum Gasteiger partial charge on any atom is 0.270 e. The SMILES string of the molecule is N=C(c1cc([N+](=O)[O-])ccc1N)C1CC1. The van der Waals surface area contributed by atoms with E-state index in [1.807, 2.05) is 0 Å². The van der Waals surface area contributed by atoms with Crippen molar-refractivity contribution < 1.29 is 4.92 Å². The summed E-state index contributed by atoms with van der Waals surface area (Å²) in [7, 11) is 0. The molecule has 0 bridgehead atoms. The quantitative estimate of drug-likeness (QED) is 0.342. The summed E-state index contributed by atoms with van der Waals surface area (Å²) in [6.07, 6.45) is 1.97. The molecule has 1 saturated carbocycles. The summed E-state index contributed by atoms with van der Waals surface area (Å²) in [5, 5.41) is 18.4. The summed E-state index contributed by atoms with van der Waals surface area (Å²) < 4.78 is 0. The number of nitro benzene ring substituents is 1. The van der Waals surface area contributed by atoms with Gasteiger partial charge in [0.05, 0.1) is 4.92 Å². The van der Waals surface area contributed by atoms with Crippen LogP contribution in [0.2, 0.25) is 0 Å². The van der Waals surface area contributed by atoms with Crippen molar-refractivity contribution in [2.24, 2.45) is 5.92 Å². The third-order valence-corrected chi connectivity index (χ3v) is 2.52. The lowest BCUT2D eigenvalue weighted by Crippen LogP contribution is -2.06. The summed E-state index contributed by atoms with van der Waals surface area (Å²) in [5.74, 6) is 0.245. The molecule has 5 nitrogen and oxygen atoms in total. The minimum atomic E-state index is -0.469. The fraction of sp³-hybridized carbons (Fsp3) is 0.300. The van der Waals surface area contributed by atoms with Gasteiger partial charge in [0, 0.05) is 35.0 Å². The Kier molecular flexibility index (Phi) is 2.15. The summed E-state index contributed by atoms with van der Waals surface area (Å²) in [4.78, 5) is 10.1. The monoisotopic (exact) mass is 205 g/mol. The maximum absolute atomic E-state index is 10.6. The number of anilines is 1. The van der Waals surface area contributed by atoms with E-state index in [0.717, 1.165) is 12.8 Å². The highest BCUT2D eigenvalue weighted by Crippen LogP contribution is 2.34. The maximum atomic E-state index is 10.6. The van der Waals surface area contributed by atoms with Crippen LogP contribution in [0.25, 0.3) is 0 Å². The van der Waals surface area contributed by atoms with Gasteiger partial charge in [-0.2, -0.15) is 0 Å². The molecule has 1 aliphatic carbocycles. The molecule has 0 heterocycles. The van der Waals surface area contributed by atoms with Crippen LogP contribution in [-0.4, -0.2) is 10.6 Å². The molecule has 1 aromatic rings. The first kappa shape index (κ1) is 9.64. The molecular formula is C10H11N3O2. The van der Waals surface area contributed by atoms with Gasteiger partial charge in [0.15, 0.2) is 0 Å². The van der Waals surface area contributed by atoms with Crippen LogP contribution >= 0.6 is 0 Å². The van der Waals surface area contributed by atoms with Crippen molar-refractivity contribution in [3.05, 3.63) is 33.9 Å². The number of rotatable bonds is 3. The van der Waals surface area contributed by atoms with Crippen molar-refractivity contribution in [1.82, 2.24) is 0 Å². The lowest BCUT2D eigenvalue weighted by molar-refractivity contribution is -0.384. The van der Waals surface area contributed by atoms with E-state index in [1.54, 1.807) is 0 Å². The zero-order valence-corrected chi connectivity index (χ0v) is 8.06. The van der Waals surface area contributed by atoms with Crippen molar-refractivity contribution in [1.29, 1.82) is 5.41 Å². The normalized spacial score (nSPS) is 14.9. The number of nitrogens with one attached hydrogen (secondary N) is 1. The first-order valence-corrected chi connectivity index (χ1v) is 4.72. The Hall–Kier alpha value is -1.91. The Labute approximate surface area is 86.6 Å². The smallest absolute Gasteiger partial charge is 0.270 e. The Balaban J connectivity index is 2.39. The van der Waals surface area contributed by atoms with E-state index < -0.39 is 4.92 Å². The number of nitrogen functional groups attached to an aromatic ring is 1. The van der Waals surface area contributed by atoms with Crippen LogP contribution in [0.1, 0.15) is 18.4 Å². The second-order valence-corrected chi connectivity index (χ2v) is 3.72. The Bertz CT molecular complexity index is 438. The summed E-state index contributed by atoms with van der Waals surface area (Å²) in [6.45, 7) is 0. The number of hydrogen-bond donors (Lipinski definition) is 2. The molecule has 0 amide bonds. The highest BCUT2D eigenvalue weighted by Gasteiger charge is 2.29. The zero-order valence-electron chi connectivity index (χ0n) is 8.06. The second-order valence-electron chi connectivity index (χ2n) is 3.72. The van der Waals surface area contributed by atoms with Gasteiger partial charge in [0.25, 0.3) is 5.69 Å². The van der Waals surface area contributed by atoms with Crippen molar-refractivity contribution in [3.63, 3.8) is 0 Å². The van der Waals surface area contributed by atoms with Crippen LogP contribution in [0, 0.1) is 21.4 Å². The van der Waals surface area contributed by atoms with Crippen molar-refractivity contribution >= 4 is 17.1 Å². The first-order valence-electron chi connectivity index (χ1n) is 4.72. The fourth-order valence-corrected chi connectivity index (χ4v) is 1.48. The van der Waals surface area contributed by atoms with Crippen LogP contribution in [0.4, 0.5) is 11.4 Å². The molecule has 0 aromatic heterocycles. The topological polar surface area (TPSA) is 93.0 Å². The third-order valence-electron chi connectivity index (χ3n) is 2.52. The Morgan fingerprint density at radius 1 is 1.53 bits per heavy atom. The van der Waals surface area contributed by atoms with E-state index in [0.29, 0.717) is 17.0 Å².